The zero-order valence-electron chi connectivity index (χ0n) is 10.1. The van der Waals surface area contributed by atoms with Gasteiger partial charge >= 0.3 is 0 Å². The maximum atomic E-state index is 5.76. The van der Waals surface area contributed by atoms with Gasteiger partial charge in [-0.2, -0.15) is 0 Å². The van der Waals surface area contributed by atoms with Gasteiger partial charge in [-0.15, -0.1) is 0 Å². The Morgan fingerprint density at radius 2 is 1.57 bits per heavy atom. The van der Waals surface area contributed by atoms with Crippen molar-refractivity contribution in [2.24, 2.45) is 0 Å². The molecule has 14 heavy (non-hydrogen) atoms. The molecule has 0 aromatic carbocycles. The molecule has 0 fully saturated rings. The van der Waals surface area contributed by atoms with Crippen LogP contribution in [0.25, 0.3) is 0 Å². The van der Waals surface area contributed by atoms with E-state index >= 15 is 0 Å². The van der Waals surface area contributed by atoms with Crippen molar-refractivity contribution in [3.63, 3.8) is 0 Å². The molecule has 0 aromatic rings. The highest BCUT2D eigenvalue weighted by Gasteiger charge is 2.28. The first-order valence-electron chi connectivity index (χ1n) is 5.71. The second kappa shape index (κ2) is 8.45. The number of rotatable bonds is 9. The van der Waals surface area contributed by atoms with Gasteiger partial charge < -0.3 is 9.47 Å². The summed E-state index contributed by atoms with van der Waals surface area (Å²) in [7, 11) is 0.700. The Morgan fingerprint density at radius 3 is 1.93 bits per heavy atom. The molecule has 0 spiro atoms. The van der Waals surface area contributed by atoms with Gasteiger partial charge in [-0.1, -0.05) is 26.3 Å². The molecule has 0 saturated carbocycles. The first-order valence-corrected chi connectivity index (χ1v) is 7.21. The van der Waals surface area contributed by atoms with Gasteiger partial charge in [-0.05, 0) is 26.7 Å². The molecule has 0 amide bonds. The molecule has 0 aliphatic heterocycles. The molecule has 2 nitrogen and oxygen atoms in total. The summed E-state index contributed by atoms with van der Waals surface area (Å²) >= 11 is 0. The summed E-state index contributed by atoms with van der Waals surface area (Å²) in [6.45, 7) is 9.94. The summed E-state index contributed by atoms with van der Waals surface area (Å²) in [5, 5.41) is 0. The van der Waals surface area contributed by atoms with Crippen molar-refractivity contribution in [1.82, 2.24) is 0 Å². The van der Waals surface area contributed by atoms with Crippen LogP contribution in [0.2, 0.25) is 6.55 Å². The summed E-state index contributed by atoms with van der Waals surface area (Å²) in [5.74, 6) is 0. The summed E-state index contributed by atoms with van der Waals surface area (Å²) in [5.41, 5.74) is -0.279. The van der Waals surface area contributed by atoms with Gasteiger partial charge in [0.2, 0.25) is 0 Å². The van der Waals surface area contributed by atoms with Crippen LogP contribution in [-0.2, 0) is 9.47 Å². The predicted molar refractivity (Wildman–Crippen MR) is 61.7 cm³/mol. The molecule has 0 atom stereocenters. The second-order valence-electron chi connectivity index (χ2n) is 3.33. The Bertz CT molecular complexity index is 122. The Morgan fingerprint density at radius 1 is 1.00 bits per heavy atom. The molecule has 0 heterocycles. The van der Waals surface area contributed by atoms with E-state index in [4.69, 9.17) is 9.47 Å². The fraction of sp³-hybridized carbons (Fsp3) is 1.00. The molecule has 0 bridgehead atoms. The zero-order valence-corrected chi connectivity index (χ0v) is 11.1. The van der Waals surface area contributed by atoms with Crippen molar-refractivity contribution in [2.45, 2.75) is 58.4 Å². The topological polar surface area (TPSA) is 18.5 Å². The predicted octanol–water partition coefficient (Wildman–Crippen LogP) is 3.05. The zero-order chi connectivity index (χ0) is 10.9. The number of unbranched alkanes of at least 4 members (excludes halogenated alkanes) is 2. The smallest absolute Gasteiger partial charge is 0.146 e. The quantitative estimate of drug-likeness (QED) is 0.335. The monoisotopic (exact) mass is 216 g/mol. The van der Waals surface area contributed by atoms with Crippen molar-refractivity contribution < 1.29 is 9.47 Å². The lowest BCUT2D eigenvalue weighted by Crippen LogP contribution is -2.41. The molecule has 84 valence electrons. The van der Waals surface area contributed by atoms with Crippen molar-refractivity contribution in [1.29, 1.82) is 0 Å². The molecule has 0 aromatic heterocycles. The van der Waals surface area contributed by atoms with Crippen LogP contribution in [0.4, 0.5) is 0 Å². The molecular weight excluding hydrogens is 192 g/mol. The van der Waals surface area contributed by atoms with Crippen LogP contribution in [-0.4, -0.2) is 28.1 Å². The highest BCUT2D eigenvalue weighted by Crippen LogP contribution is 2.20. The average molecular weight is 216 g/mol. The van der Waals surface area contributed by atoms with Crippen molar-refractivity contribution in [3.05, 3.63) is 0 Å². The van der Waals surface area contributed by atoms with E-state index in [0.717, 1.165) is 19.6 Å². The molecule has 0 saturated heterocycles. The third kappa shape index (κ3) is 5.13. The van der Waals surface area contributed by atoms with Gasteiger partial charge in [0.15, 0.2) is 0 Å². The maximum absolute atomic E-state index is 5.76. The van der Waals surface area contributed by atoms with Crippen LogP contribution in [0.15, 0.2) is 0 Å². The highest BCUT2D eigenvalue weighted by atomic mass is 28.2. The van der Waals surface area contributed by atoms with Gasteiger partial charge in [0, 0.05) is 13.2 Å². The van der Waals surface area contributed by atoms with Gasteiger partial charge in [0.05, 0.1) is 0 Å². The fourth-order valence-electron chi connectivity index (χ4n) is 1.53. The van der Waals surface area contributed by atoms with Crippen LogP contribution in [0.1, 0.15) is 46.5 Å². The van der Waals surface area contributed by atoms with Gasteiger partial charge in [0.25, 0.3) is 0 Å². The SMILES string of the molecule is CCCCCC(OCC)(OCC)[Si]C. The second-order valence-corrected chi connectivity index (χ2v) is 4.59. The van der Waals surface area contributed by atoms with Crippen molar-refractivity contribution in [2.75, 3.05) is 13.2 Å². The van der Waals surface area contributed by atoms with E-state index in [9.17, 15) is 0 Å². The van der Waals surface area contributed by atoms with Crippen molar-refractivity contribution >= 4 is 9.52 Å². The molecule has 0 unspecified atom stereocenters. The van der Waals surface area contributed by atoms with Crippen LogP contribution >= 0.6 is 0 Å². The average Bonchev–Trinajstić information content (AvgIpc) is 2.19. The Labute approximate surface area is 91.2 Å². The van der Waals surface area contributed by atoms with Gasteiger partial charge in [-0.25, -0.2) is 0 Å². The van der Waals surface area contributed by atoms with E-state index in [1.54, 1.807) is 0 Å². The van der Waals surface area contributed by atoms with E-state index in [1.807, 2.05) is 13.8 Å². The summed E-state index contributed by atoms with van der Waals surface area (Å²) in [6, 6.07) is 0. The normalized spacial score (nSPS) is 12.0. The van der Waals surface area contributed by atoms with Crippen LogP contribution in [0.3, 0.4) is 0 Å². The van der Waals surface area contributed by atoms with E-state index in [-0.39, 0.29) is 5.41 Å². The van der Waals surface area contributed by atoms with Crippen LogP contribution in [0.5, 0.6) is 0 Å². The van der Waals surface area contributed by atoms with Crippen LogP contribution < -0.4 is 0 Å². The minimum absolute atomic E-state index is 0.279. The number of hydrogen-bond acceptors (Lipinski definition) is 2. The summed E-state index contributed by atoms with van der Waals surface area (Å²) < 4.78 is 11.5. The van der Waals surface area contributed by atoms with Crippen molar-refractivity contribution in [3.8, 4) is 0 Å². The molecule has 0 rings (SSSR count). The van der Waals surface area contributed by atoms with Crippen LogP contribution in [0, 0.1) is 0 Å². The lowest BCUT2D eigenvalue weighted by molar-refractivity contribution is -0.179. The van der Waals surface area contributed by atoms with E-state index in [1.165, 1.54) is 19.3 Å². The van der Waals surface area contributed by atoms with E-state index in [0.29, 0.717) is 9.52 Å². The van der Waals surface area contributed by atoms with E-state index < -0.39 is 0 Å². The molecule has 3 heteroatoms. The maximum Gasteiger partial charge on any atom is 0.146 e. The Kier molecular flexibility index (Phi) is 8.53. The third-order valence-electron chi connectivity index (χ3n) is 2.25. The molecular formula is C11H24O2Si. The largest absolute Gasteiger partial charge is 0.355 e. The Balaban J connectivity index is 4.03. The third-order valence-corrected chi connectivity index (χ3v) is 3.55. The number of hydrogen-bond donors (Lipinski definition) is 0. The van der Waals surface area contributed by atoms with Gasteiger partial charge in [0.1, 0.15) is 14.9 Å². The Hall–Kier alpha value is 0.137. The fourth-order valence-corrected chi connectivity index (χ4v) is 2.53. The minimum atomic E-state index is -0.279. The summed E-state index contributed by atoms with van der Waals surface area (Å²) in [4.78, 5) is 0. The standard InChI is InChI=1S/C11H24O2Si/c1-5-8-9-10-11(14-4,12-6-2)13-7-3/h5-10H2,1-4H3. The molecule has 2 radical (unpaired) electrons. The lowest BCUT2D eigenvalue weighted by atomic mass is 10.2. The highest BCUT2D eigenvalue weighted by molar-refractivity contribution is 6.37. The first-order chi connectivity index (χ1) is 6.74. The molecule has 0 aliphatic rings. The van der Waals surface area contributed by atoms with Gasteiger partial charge in [-0.3, -0.25) is 0 Å². The summed E-state index contributed by atoms with van der Waals surface area (Å²) in [6.07, 6.45) is 4.77. The minimum Gasteiger partial charge on any atom is -0.355 e. The first kappa shape index (κ1) is 14.1. The van der Waals surface area contributed by atoms with E-state index in [2.05, 4.69) is 13.5 Å². The molecule has 0 N–H and O–H groups in total. The number of ether oxygens (including phenoxy) is 2. The lowest BCUT2D eigenvalue weighted by Gasteiger charge is -2.32. The molecule has 0 aliphatic carbocycles.